The first-order valence-corrected chi connectivity index (χ1v) is 14.8. The van der Waals surface area contributed by atoms with Crippen molar-refractivity contribution in [3.63, 3.8) is 0 Å². The van der Waals surface area contributed by atoms with Crippen molar-refractivity contribution < 1.29 is 13.2 Å². The number of aryl methyl sites for hydroxylation is 6. The van der Waals surface area contributed by atoms with Gasteiger partial charge in [0.05, 0.1) is 0 Å². The Labute approximate surface area is 208 Å². The van der Waals surface area contributed by atoms with E-state index in [4.69, 9.17) is 9.05 Å². The molecule has 0 atom stereocenters. The fourth-order valence-corrected chi connectivity index (χ4v) is 5.64. The molecule has 2 aromatic rings. The molecule has 1 aliphatic heterocycles. The molecule has 0 amide bonds. The maximum absolute atomic E-state index is 15.4. The van der Waals surface area contributed by atoms with Gasteiger partial charge in [-0.15, -0.1) is 4.20 Å². The van der Waals surface area contributed by atoms with E-state index in [9.17, 15) is 0 Å². The van der Waals surface area contributed by atoms with Gasteiger partial charge >= 0.3 is 8.69 Å². The van der Waals surface area contributed by atoms with Crippen LogP contribution in [0.5, 0.6) is 11.5 Å². The summed E-state index contributed by atoms with van der Waals surface area (Å²) in [4.78, 5) is 0. The van der Waals surface area contributed by atoms with E-state index in [1.54, 1.807) is 0 Å². The quantitative estimate of drug-likeness (QED) is 0.278. The number of benzene rings is 2. The highest BCUT2D eigenvalue weighted by Crippen LogP contribution is 2.48. The van der Waals surface area contributed by atoms with Crippen LogP contribution in [-0.2, 0) is 38.5 Å². The molecule has 1 aliphatic rings. The average Bonchev–Trinajstić information content (AvgIpc) is 2.90. The standard InChI is InChI=1S/C30H44FO2P/c1-5-9-13-23-19-25(15-11-7-3)29-27(21-23)17-18-28-22-24(14-10-6-2)20-26(16-12-8-4)30(28)33-34(31)32-29/h19-22H,5-18H2,1-4H3. The third-order valence-electron chi connectivity index (χ3n) is 6.83. The van der Waals surface area contributed by atoms with Gasteiger partial charge in [-0.25, -0.2) is 0 Å². The lowest BCUT2D eigenvalue weighted by molar-refractivity contribution is 0.431. The van der Waals surface area contributed by atoms with E-state index in [0.717, 1.165) is 98.0 Å². The van der Waals surface area contributed by atoms with E-state index in [1.807, 2.05) is 0 Å². The maximum Gasteiger partial charge on any atom is 0.505 e. The second kappa shape index (κ2) is 14.1. The minimum absolute atomic E-state index is 0.747. The molecule has 0 bridgehead atoms. The molecule has 0 spiro atoms. The molecule has 4 heteroatoms. The summed E-state index contributed by atoms with van der Waals surface area (Å²) in [5.74, 6) is 1.49. The molecule has 0 N–H and O–H groups in total. The zero-order valence-electron chi connectivity index (χ0n) is 21.9. The molecule has 0 unspecified atom stereocenters. The Bertz CT molecular complexity index is 838. The molecular formula is C30H44FO2P. The fraction of sp³-hybridized carbons (Fsp3) is 0.600. The van der Waals surface area contributed by atoms with Gasteiger partial charge in [0.2, 0.25) is 0 Å². The summed E-state index contributed by atoms with van der Waals surface area (Å²) in [5.41, 5.74) is 7.32. The van der Waals surface area contributed by atoms with E-state index in [-0.39, 0.29) is 0 Å². The van der Waals surface area contributed by atoms with Crippen molar-refractivity contribution in [1.82, 2.24) is 0 Å². The molecule has 2 aromatic carbocycles. The predicted molar refractivity (Wildman–Crippen MR) is 144 cm³/mol. The fourth-order valence-electron chi connectivity index (χ4n) is 4.85. The molecule has 2 nitrogen and oxygen atoms in total. The number of fused-ring (bicyclic) bond motifs is 2. The molecule has 0 aliphatic carbocycles. The molecule has 188 valence electrons. The highest BCUT2D eigenvalue weighted by Gasteiger charge is 2.26. The molecule has 0 aromatic heterocycles. The van der Waals surface area contributed by atoms with Gasteiger partial charge in [0.15, 0.2) is 0 Å². The van der Waals surface area contributed by atoms with Gasteiger partial charge in [0, 0.05) is 0 Å². The monoisotopic (exact) mass is 486 g/mol. The van der Waals surface area contributed by atoms with Gasteiger partial charge in [0.1, 0.15) is 11.5 Å². The van der Waals surface area contributed by atoms with Crippen LogP contribution in [0.1, 0.15) is 112 Å². The van der Waals surface area contributed by atoms with Gasteiger partial charge < -0.3 is 9.05 Å². The van der Waals surface area contributed by atoms with Crippen LogP contribution in [0.15, 0.2) is 24.3 Å². The van der Waals surface area contributed by atoms with Crippen molar-refractivity contribution >= 4 is 8.69 Å². The summed E-state index contributed by atoms with van der Waals surface area (Å²) >= 11 is 0. The van der Waals surface area contributed by atoms with Crippen molar-refractivity contribution in [2.24, 2.45) is 0 Å². The minimum atomic E-state index is -2.53. The molecule has 1 heterocycles. The summed E-state index contributed by atoms with van der Waals surface area (Å²) in [6.07, 6.45) is 14.8. The van der Waals surface area contributed by atoms with Crippen LogP contribution in [0.4, 0.5) is 4.20 Å². The molecule has 3 rings (SSSR count). The highest BCUT2D eigenvalue weighted by atomic mass is 31.2. The largest absolute Gasteiger partial charge is 0.505 e. The summed E-state index contributed by atoms with van der Waals surface area (Å²) in [7, 11) is -2.53. The molecule has 0 saturated heterocycles. The molecule has 0 saturated carbocycles. The lowest BCUT2D eigenvalue weighted by Crippen LogP contribution is -2.02. The van der Waals surface area contributed by atoms with Crippen molar-refractivity contribution in [2.75, 3.05) is 0 Å². The van der Waals surface area contributed by atoms with Crippen molar-refractivity contribution in [1.29, 1.82) is 0 Å². The normalized spacial score (nSPS) is 13.8. The minimum Gasteiger partial charge on any atom is -0.414 e. The van der Waals surface area contributed by atoms with Gasteiger partial charge in [-0.2, -0.15) is 0 Å². The van der Waals surface area contributed by atoms with Crippen LogP contribution in [0.3, 0.4) is 0 Å². The molecule has 0 radical (unpaired) electrons. The van der Waals surface area contributed by atoms with Crippen molar-refractivity contribution in [3.05, 3.63) is 57.6 Å². The van der Waals surface area contributed by atoms with Crippen molar-refractivity contribution in [2.45, 2.75) is 118 Å². The van der Waals surface area contributed by atoms with Gasteiger partial charge in [-0.3, -0.25) is 0 Å². The molecular weight excluding hydrogens is 442 g/mol. The van der Waals surface area contributed by atoms with Gasteiger partial charge in [-0.1, -0.05) is 77.6 Å². The number of rotatable bonds is 12. The van der Waals surface area contributed by atoms with Gasteiger partial charge in [0.25, 0.3) is 0 Å². The van der Waals surface area contributed by atoms with E-state index < -0.39 is 8.69 Å². The van der Waals surface area contributed by atoms with Crippen LogP contribution in [0, 0.1) is 0 Å². The Kier molecular flexibility index (Phi) is 11.2. The van der Waals surface area contributed by atoms with Crippen LogP contribution < -0.4 is 9.05 Å². The van der Waals surface area contributed by atoms with Crippen LogP contribution in [0.2, 0.25) is 0 Å². The number of hydrogen-bond donors (Lipinski definition) is 0. The Balaban J connectivity index is 2.01. The summed E-state index contributed by atoms with van der Waals surface area (Å²) < 4.78 is 27.4. The van der Waals surface area contributed by atoms with Gasteiger partial charge in [-0.05, 0) is 97.6 Å². The third kappa shape index (κ3) is 7.45. The van der Waals surface area contributed by atoms with Crippen LogP contribution in [-0.4, -0.2) is 0 Å². The Morgan fingerprint density at radius 3 is 1.38 bits per heavy atom. The Morgan fingerprint density at radius 2 is 1.00 bits per heavy atom. The first-order chi connectivity index (χ1) is 16.6. The zero-order chi connectivity index (χ0) is 24.3. The number of hydrogen-bond acceptors (Lipinski definition) is 2. The zero-order valence-corrected chi connectivity index (χ0v) is 22.7. The maximum atomic E-state index is 15.4. The highest BCUT2D eigenvalue weighted by molar-refractivity contribution is 7.42. The van der Waals surface area contributed by atoms with Crippen molar-refractivity contribution in [3.8, 4) is 11.5 Å². The lowest BCUT2D eigenvalue weighted by atomic mass is 9.92. The van der Waals surface area contributed by atoms with E-state index in [1.165, 1.54) is 36.8 Å². The lowest BCUT2D eigenvalue weighted by Gasteiger charge is -2.19. The third-order valence-corrected chi connectivity index (χ3v) is 7.48. The topological polar surface area (TPSA) is 18.5 Å². The Hall–Kier alpha value is -1.60. The van der Waals surface area contributed by atoms with E-state index >= 15 is 4.20 Å². The summed E-state index contributed by atoms with van der Waals surface area (Å²) in [6, 6.07) is 9.06. The summed E-state index contributed by atoms with van der Waals surface area (Å²) in [5, 5.41) is 0. The molecule has 0 fully saturated rings. The first-order valence-electron chi connectivity index (χ1n) is 13.7. The molecule has 34 heavy (non-hydrogen) atoms. The van der Waals surface area contributed by atoms with E-state index in [2.05, 4.69) is 52.0 Å². The van der Waals surface area contributed by atoms with E-state index in [0.29, 0.717) is 0 Å². The number of halogens is 1. The van der Waals surface area contributed by atoms with Crippen LogP contribution >= 0.6 is 8.69 Å². The SMILES string of the molecule is CCCCc1cc(CCCC)c2c(c1)CCc1cc(CCCC)cc(CCCC)c1OP(F)O2. The first kappa shape index (κ1) is 27.0. The number of unbranched alkanes of at least 4 members (excludes halogenated alkanes) is 4. The smallest absolute Gasteiger partial charge is 0.414 e. The van der Waals surface area contributed by atoms with Crippen LogP contribution in [0.25, 0.3) is 0 Å². The second-order valence-corrected chi connectivity index (χ2v) is 10.6. The predicted octanol–water partition coefficient (Wildman–Crippen LogP) is 9.81. The summed E-state index contributed by atoms with van der Waals surface area (Å²) in [6.45, 7) is 8.87. The average molecular weight is 487 g/mol. The second-order valence-electron chi connectivity index (χ2n) is 9.80. The Morgan fingerprint density at radius 1 is 0.618 bits per heavy atom.